The molecule has 7 nitrogen and oxygen atoms in total. The normalized spacial score (nSPS) is 14.1. The van der Waals surface area contributed by atoms with Crippen LogP contribution in [0.15, 0.2) is 42.5 Å². The van der Waals surface area contributed by atoms with Crippen LogP contribution < -0.4 is 5.73 Å². The highest BCUT2D eigenvalue weighted by Gasteiger charge is 2.14. The van der Waals surface area contributed by atoms with Crippen molar-refractivity contribution in [1.82, 2.24) is 14.9 Å². The second-order valence-electron chi connectivity index (χ2n) is 6.51. The standard InChI is InChI=1S/C19H21N3O2.CH3NO/c23-24-13-14-3-5-15(6-4-14)16-7-8-17-18(11-16)21-19(20-17)12-22-9-1-2-10-22;2-1-3/h3-8,11,23H,1-2,9-10,12-13H2,(H,20,21);1H,(H2,2,3). The number of primary amides is 1. The van der Waals surface area contributed by atoms with E-state index in [1.165, 1.54) is 25.9 Å². The SMILES string of the molecule is NC=O.OOCc1ccc(-c2ccc3nc(CN4CCCC4)[nH]c3c2)cc1. The number of nitrogens with zero attached hydrogens (tertiary/aromatic N) is 2. The molecule has 1 fully saturated rings. The molecule has 1 saturated heterocycles. The van der Waals surface area contributed by atoms with Gasteiger partial charge in [-0.15, -0.1) is 0 Å². The van der Waals surface area contributed by atoms with Crippen molar-refractivity contribution in [2.24, 2.45) is 5.73 Å². The lowest BCUT2D eigenvalue weighted by Crippen LogP contribution is -2.19. The summed E-state index contributed by atoms with van der Waals surface area (Å²) in [6.07, 6.45) is 2.84. The molecule has 27 heavy (non-hydrogen) atoms. The zero-order valence-electron chi connectivity index (χ0n) is 15.1. The van der Waals surface area contributed by atoms with Crippen LogP contribution >= 0.6 is 0 Å². The van der Waals surface area contributed by atoms with Gasteiger partial charge in [0, 0.05) is 0 Å². The van der Waals surface area contributed by atoms with Crippen LogP contribution in [-0.2, 0) is 22.8 Å². The molecule has 0 radical (unpaired) electrons. The Morgan fingerprint density at radius 3 is 2.48 bits per heavy atom. The zero-order chi connectivity index (χ0) is 19.1. The number of aromatic nitrogens is 2. The van der Waals surface area contributed by atoms with E-state index in [0.29, 0.717) is 0 Å². The molecule has 7 heteroatoms. The quantitative estimate of drug-likeness (QED) is 0.365. The minimum absolute atomic E-state index is 0.208. The van der Waals surface area contributed by atoms with Gasteiger partial charge in [0.2, 0.25) is 6.41 Å². The van der Waals surface area contributed by atoms with Gasteiger partial charge < -0.3 is 10.7 Å². The number of fused-ring (bicyclic) bond motifs is 1. The molecule has 0 unspecified atom stereocenters. The number of H-pyrrole nitrogens is 1. The maximum absolute atomic E-state index is 8.58. The van der Waals surface area contributed by atoms with Gasteiger partial charge in [0.25, 0.3) is 0 Å². The Kier molecular flexibility index (Phi) is 6.54. The number of carbonyl (C=O) groups excluding carboxylic acids is 1. The van der Waals surface area contributed by atoms with E-state index in [2.05, 4.69) is 38.7 Å². The fourth-order valence-corrected chi connectivity index (χ4v) is 3.34. The number of hydrogen-bond acceptors (Lipinski definition) is 5. The summed E-state index contributed by atoms with van der Waals surface area (Å²) in [5.74, 6) is 1.04. The van der Waals surface area contributed by atoms with E-state index in [1.807, 2.05) is 24.3 Å². The average molecular weight is 368 g/mol. The molecule has 0 atom stereocenters. The van der Waals surface area contributed by atoms with Gasteiger partial charge in [-0.3, -0.25) is 15.0 Å². The van der Waals surface area contributed by atoms with Crippen molar-refractivity contribution in [1.29, 1.82) is 0 Å². The van der Waals surface area contributed by atoms with Gasteiger partial charge >= 0.3 is 0 Å². The van der Waals surface area contributed by atoms with E-state index < -0.39 is 0 Å². The molecule has 2 heterocycles. The van der Waals surface area contributed by atoms with Crippen molar-refractivity contribution in [2.75, 3.05) is 13.1 Å². The lowest BCUT2D eigenvalue weighted by Gasteiger charge is -2.11. The first-order valence-corrected chi connectivity index (χ1v) is 8.95. The minimum Gasteiger partial charge on any atom is -0.372 e. The Morgan fingerprint density at radius 2 is 1.81 bits per heavy atom. The number of nitrogens with one attached hydrogen (secondary N) is 1. The molecule has 0 aliphatic carbocycles. The molecule has 0 saturated carbocycles. The monoisotopic (exact) mass is 368 g/mol. The second-order valence-corrected chi connectivity index (χ2v) is 6.51. The third kappa shape index (κ3) is 4.91. The van der Waals surface area contributed by atoms with E-state index in [9.17, 15) is 0 Å². The summed E-state index contributed by atoms with van der Waals surface area (Å²) < 4.78 is 0. The summed E-state index contributed by atoms with van der Waals surface area (Å²) in [7, 11) is 0. The first-order valence-electron chi connectivity index (χ1n) is 8.95. The first-order chi connectivity index (χ1) is 13.2. The number of aromatic amines is 1. The van der Waals surface area contributed by atoms with Crippen LogP contribution in [0.3, 0.4) is 0 Å². The fourth-order valence-electron chi connectivity index (χ4n) is 3.34. The molecular formula is C20H24N4O3. The minimum atomic E-state index is 0.208. The second kappa shape index (κ2) is 9.27. The first kappa shape index (κ1) is 19.0. The summed E-state index contributed by atoms with van der Waals surface area (Å²) in [6, 6.07) is 14.3. The number of imidazole rings is 1. The van der Waals surface area contributed by atoms with Crippen molar-refractivity contribution in [3.8, 4) is 11.1 Å². The Morgan fingerprint density at radius 1 is 1.15 bits per heavy atom. The van der Waals surface area contributed by atoms with Crippen LogP contribution in [-0.4, -0.2) is 39.6 Å². The van der Waals surface area contributed by atoms with Crippen molar-refractivity contribution < 1.29 is 14.9 Å². The Bertz CT molecular complexity index is 871. The predicted molar refractivity (Wildman–Crippen MR) is 104 cm³/mol. The van der Waals surface area contributed by atoms with Crippen LogP contribution in [0.1, 0.15) is 24.2 Å². The van der Waals surface area contributed by atoms with Crippen molar-refractivity contribution in [3.05, 3.63) is 53.9 Å². The molecule has 1 aliphatic heterocycles. The number of amides is 1. The Labute approximate surface area is 157 Å². The maximum Gasteiger partial charge on any atom is 0.204 e. The van der Waals surface area contributed by atoms with Gasteiger partial charge in [0.05, 0.1) is 17.6 Å². The van der Waals surface area contributed by atoms with Crippen LogP contribution in [0.5, 0.6) is 0 Å². The zero-order valence-corrected chi connectivity index (χ0v) is 15.1. The lowest BCUT2D eigenvalue weighted by molar-refractivity contribution is -0.253. The lowest BCUT2D eigenvalue weighted by atomic mass is 10.0. The third-order valence-electron chi connectivity index (χ3n) is 4.62. The van der Waals surface area contributed by atoms with Crippen molar-refractivity contribution in [2.45, 2.75) is 26.0 Å². The highest BCUT2D eigenvalue weighted by atomic mass is 17.1. The smallest absolute Gasteiger partial charge is 0.204 e. The molecule has 1 aliphatic rings. The number of benzene rings is 2. The number of likely N-dealkylation sites (tertiary alicyclic amines) is 1. The van der Waals surface area contributed by atoms with Gasteiger partial charge in [-0.05, 0) is 54.8 Å². The largest absolute Gasteiger partial charge is 0.372 e. The average Bonchev–Trinajstić information content (AvgIpc) is 3.32. The Balaban J connectivity index is 0.000000659. The van der Waals surface area contributed by atoms with Crippen molar-refractivity contribution >= 4 is 17.4 Å². The van der Waals surface area contributed by atoms with Crippen LogP contribution in [0.4, 0.5) is 0 Å². The van der Waals surface area contributed by atoms with Crippen LogP contribution in [0.2, 0.25) is 0 Å². The molecule has 0 spiro atoms. The molecule has 4 N–H and O–H groups in total. The highest BCUT2D eigenvalue weighted by Crippen LogP contribution is 2.24. The number of rotatable bonds is 5. The molecule has 1 amide bonds. The van der Waals surface area contributed by atoms with Crippen LogP contribution in [0.25, 0.3) is 22.2 Å². The number of hydrogen-bond donors (Lipinski definition) is 3. The predicted octanol–water partition coefficient (Wildman–Crippen LogP) is 2.92. The molecule has 142 valence electrons. The Hall–Kier alpha value is -2.74. The number of nitrogens with two attached hydrogens (primary N) is 1. The molecule has 0 bridgehead atoms. The molecule has 1 aromatic heterocycles. The summed E-state index contributed by atoms with van der Waals surface area (Å²) in [5, 5.41) is 8.51. The fraction of sp³-hybridized carbons (Fsp3) is 0.300. The third-order valence-corrected chi connectivity index (χ3v) is 4.62. The molecule has 2 aromatic carbocycles. The van der Waals surface area contributed by atoms with E-state index >= 15 is 0 Å². The van der Waals surface area contributed by atoms with Gasteiger partial charge in [0.1, 0.15) is 12.4 Å². The number of carbonyl (C=O) groups is 1. The van der Waals surface area contributed by atoms with Gasteiger partial charge in [0.15, 0.2) is 0 Å². The van der Waals surface area contributed by atoms with E-state index in [-0.39, 0.29) is 13.0 Å². The van der Waals surface area contributed by atoms with E-state index in [0.717, 1.165) is 40.1 Å². The maximum atomic E-state index is 8.58. The molecule has 4 rings (SSSR count). The summed E-state index contributed by atoms with van der Waals surface area (Å²) in [4.78, 5) is 23.4. The van der Waals surface area contributed by atoms with Gasteiger partial charge in [-0.1, -0.05) is 30.3 Å². The summed E-state index contributed by atoms with van der Waals surface area (Å²) >= 11 is 0. The highest BCUT2D eigenvalue weighted by molar-refractivity contribution is 5.82. The molecule has 3 aromatic rings. The van der Waals surface area contributed by atoms with E-state index in [4.69, 9.17) is 15.0 Å². The summed E-state index contributed by atoms with van der Waals surface area (Å²) in [6.45, 7) is 3.46. The summed E-state index contributed by atoms with van der Waals surface area (Å²) in [5.41, 5.74) is 9.48. The van der Waals surface area contributed by atoms with Gasteiger partial charge in [-0.2, -0.15) is 0 Å². The molecular weight excluding hydrogens is 344 g/mol. The van der Waals surface area contributed by atoms with Crippen LogP contribution in [0, 0.1) is 0 Å². The van der Waals surface area contributed by atoms with Gasteiger partial charge in [-0.25, -0.2) is 9.87 Å². The van der Waals surface area contributed by atoms with E-state index in [1.54, 1.807) is 0 Å². The topological polar surface area (TPSA) is 104 Å². The van der Waals surface area contributed by atoms with Crippen molar-refractivity contribution in [3.63, 3.8) is 0 Å².